The molecule has 0 radical (unpaired) electrons. The molecule has 0 saturated carbocycles. The number of fused-ring (bicyclic) bond motifs is 7. The standard InChI is InChI=1S/C24H25N3O2/c28-23-7-3-6-22-17-10-15(13-27(22)23)12-26(14-17)24(29)16-8-9-21-19(11-16)18-4-1-2-5-20(18)25-21/h3,6-9,11,15,17,25H,1-2,4-5,10,12-14H2. The molecule has 4 heterocycles. The van der Waals surface area contributed by atoms with Crippen molar-refractivity contribution < 1.29 is 4.79 Å². The van der Waals surface area contributed by atoms with E-state index in [1.165, 1.54) is 29.5 Å². The number of hydrogen-bond donors (Lipinski definition) is 1. The molecule has 3 aliphatic rings. The van der Waals surface area contributed by atoms with E-state index in [2.05, 4.69) is 23.2 Å². The van der Waals surface area contributed by atoms with Crippen molar-refractivity contribution in [3.8, 4) is 0 Å². The van der Waals surface area contributed by atoms with E-state index in [1.54, 1.807) is 6.07 Å². The van der Waals surface area contributed by atoms with Crippen LogP contribution >= 0.6 is 0 Å². The first-order valence-electron chi connectivity index (χ1n) is 10.8. The van der Waals surface area contributed by atoms with E-state index in [0.717, 1.165) is 49.1 Å². The molecule has 2 aliphatic heterocycles. The summed E-state index contributed by atoms with van der Waals surface area (Å²) in [6.45, 7) is 2.15. The molecular weight excluding hydrogens is 362 g/mol. The van der Waals surface area contributed by atoms with Crippen LogP contribution in [-0.4, -0.2) is 33.4 Å². The smallest absolute Gasteiger partial charge is 0.253 e. The van der Waals surface area contributed by atoms with Gasteiger partial charge in [-0.2, -0.15) is 0 Å². The number of carbonyl (C=O) groups is 1. The number of carbonyl (C=O) groups excluding carboxylic acids is 1. The average Bonchev–Trinajstić information content (AvgIpc) is 3.12. The normalized spacial score (nSPS) is 23.0. The highest BCUT2D eigenvalue weighted by atomic mass is 16.2. The first kappa shape index (κ1) is 17.1. The van der Waals surface area contributed by atoms with Crippen LogP contribution in [0.2, 0.25) is 0 Å². The molecule has 148 valence electrons. The third kappa shape index (κ3) is 2.67. The number of aromatic amines is 1. The summed E-state index contributed by atoms with van der Waals surface area (Å²) in [5.74, 6) is 0.734. The minimum absolute atomic E-state index is 0.0830. The number of nitrogens with one attached hydrogen (secondary N) is 1. The highest BCUT2D eigenvalue weighted by Crippen LogP contribution is 2.36. The summed E-state index contributed by atoms with van der Waals surface area (Å²) < 4.78 is 1.92. The van der Waals surface area contributed by atoms with Crippen LogP contribution in [0.15, 0.2) is 41.2 Å². The molecule has 5 heteroatoms. The number of aryl methyl sites for hydroxylation is 2. The van der Waals surface area contributed by atoms with Crippen LogP contribution in [0.25, 0.3) is 10.9 Å². The Morgan fingerprint density at radius 1 is 1.03 bits per heavy atom. The number of nitrogens with zero attached hydrogens (tertiary/aromatic N) is 2. The SMILES string of the molecule is O=C(c1ccc2[nH]c3c(c2c1)CCCC3)N1CC2CC(C1)c1cccc(=O)n1C2. The Morgan fingerprint density at radius 2 is 1.93 bits per heavy atom. The van der Waals surface area contributed by atoms with Gasteiger partial charge in [0.2, 0.25) is 0 Å². The number of likely N-dealkylation sites (tertiary alicyclic amines) is 1. The fourth-order valence-corrected chi connectivity index (χ4v) is 5.78. The molecule has 2 atom stereocenters. The minimum atomic E-state index is 0.0830. The Labute approximate surface area is 169 Å². The van der Waals surface area contributed by atoms with E-state index < -0.39 is 0 Å². The molecule has 1 N–H and O–H groups in total. The average molecular weight is 387 g/mol. The number of rotatable bonds is 1. The van der Waals surface area contributed by atoms with Crippen molar-refractivity contribution in [1.82, 2.24) is 14.5 Å². The second-order valence-corrected chi connectivity index (χ2v) is 8.96. The highest BCUT2D eigenvalue weighted by Gasteiger charge is 2.36. The molecule has 6 rings (SSSR count). The summed E-state index contributed by atoms with van der Waals surface area (Å²) in [4.78, 5) is 31.2. The van der Waals surface area contributed by atoms with Gasteiger partial charge in [-0.1, -0.05) is 6.07 Å². The molecule has 3 aromatic rings. The molecule has 1 saturated heterocycles. The third-order valence-electron chi connectivity index (χ3n) is 7.11. The van der Waals surface area contributed by atoms with Gasteiger partial charge in [0, 0.05) is 59.5 Å². The van der Waals surface area contributed by atoms with Crippen molar-refractivity contribution in [2.24, 2.45) is 5.92 Å². The second kappa shape index (κ2) is 6.34. The summed E-state index contributed by atoms with van der Waals surface area (Å²) in [7, 11) is 0. The van der Waals surface area contributed by atoms with Gasteiger partial charge in [-0.05, 0) is 67.9 Å². The van der Waals surface area contributed by atoms with Gasteiger partial charge in [0.15, 0.2) is 0 Å². The summed E-state index contributed by atoms with van der Waals surface area (Å²) in [6.07, 6.45) is 5.75. The summed E-state index contributed by atoms with van der Waals surface area (Å²) in [5, 5.41) is 1.22. The lowest BCUT2D eigenvalue weighted by atomic mass is 9.83. The zero-order valence-corrected chi connectivity index (χ0v) is 16.5. The number of pyridine rings is 1. The van der Waals surface area contributed by atoms with Crippen molar-refractivity contribution >= 4 is 16.8 Å². The van der Waals surface area contributed by atoms with Crippen LogP contribution in [0.1, 0.15) is 52.5 Å². The van der Waals surface area contributed by atoms with E-state index >= 15 is 0 Å². The first-order valence-corrected chi connectivity index (χ1v) is 10.8. The van der Waals surface area contributed by atoms with E-state index in [9.17, 15) is 9.59 Å². The van der Waals surface area contributed by atoms with Crippen LogP contribution in [-0.2, 0) is 19.4 Å². The lowest BCUT2D eigenvalue weighted by Gasteiger charge is -2.42. The number of amides is 1. The van der Waals surface area contributed by atoms with Crippen LogP contribution in [0.5, 0.6) is 0 Å². The van der Waals surface area contributed by atoms with Crippen molar-refractivity contribution in [3.63, 3.8) is 0 Å². The predicted octanol–water partition coefficient (Wildman–Crippen LogP) is 3.47. The maximum atomic E-state index is 13.4. The Balaban J connectivity index is 1.32. The van der Waals surface area contributed by atoms with Crippen molar-refractivity contribution in [2.75, 3.05) is 13.1 Å². The summed E-state index contributed by atoms with van der Waals surface area (Å²) in [5.41, 5.74) is 5.86. The Bertz CT molecular complexity index is 1190. The topological polar surface area (TPSA) is 58.1 Å². The quantitative estimate of drug-likeness (QED) is 0.695. The van der Waals surface area contributed by atoms with Gasteiger partial charge in [-0.15, -0.1) is 0 Å². The molecule has 1 aromatic carbocycles. The molecular formula is C24H25N3O2. The number of H-pyrrole nitrogens is 1. The van der Waals surface area contributed by atoms with Crippen molar-refractivity contribution in [1.29, 1.82) is 0 Å². The first-order chi connectivity index (χ1) is 14.2. The maximum Gasteiger partial charge on any atom is 0.253 e. The molecule has 0 spiro atoms. The number of aromatic nitrogens is 2. The van der Waals surface area contributed by atoms with Gasteiger partial charge >= 0.3 is 0 Å². The zero-order chi connectivity index (χ0) is 19.5. The van der Waals surface area contributed by atoms with Crippen molar-refractivity contribution in [2.45, 2.75) is 44.6 Å². The van der Waals surface area contributed by atoms with E-state index in [0.29, 0.717) is 12.5 Å². The molecule has 1 aliphatic carbocycles. The largest absolute Gasteiger partial charge is 0.358 e. The lowest BCUT2D eigenvalue weighted by Crippen LogP contribution is -2.49. The van der Waals surface area contributed by atoms with Crippen LogP contribution in [0.4, 0.5) is 0 Å². The lowest BCUT2D eigenvalue weighted by molar-refractivity contribution is 0.0594. The fourth-order valence-electron chi connectivity index (χ4n) is 5.78. The molecule has 29 heavy (non-hydrogen) atoms. The Kier molecular flexibility index (Phi) is 3.73. The zero-order valence-electron chi connectivity index (χ0n) is 16.5. The fraction of sp³-hybridized carbons (Fsp3) is 0.417. The summed E-state index contributed by atoms with van der Waals surface area (Å²) in [6, 6.07) is 11.7. The molecule has 5 nitrogen and oxygen atoms in total. The molecule has 1 fully saturated rings. The van der Waals surface area contributed by atoms with Gasteiger partial charge in [0.1, 0.15) is 0 Å². The second-order valence-electron chi connectivity index (χ2n) is 8.96. The monoisotopic (exact) mass is 387 g/mol. The van der Waals surface area contributed by atoms with Crippen LogP contribution in [0.3, 0.4) is 0 Å². The van der Waals surface area contributed by atoms with Crippen LogP contribution < -0.4 is 5.56 Å². The third-order valence-corrected chi connectivity index (χ3v) is 7.11. The number of piperidine rings is 1. The van der Waals surface area contributed by atoms with Gasteiger partial charge in [-0.3, -0.25) is 9.59 Å². The molecule has 2 aromatic heterocycles. The van der Waals surface area contributed by atoms with E-state index in [1.807, 2.05) is 21.6 Å². The molecule has 2 unspecified atom stereocenters. The summed E-state index contributed by atoms with van der Waals surface area (Å²) >= 11 is 0. The van der Waals surface area contributed by atoms with E-state index in [4.69, 9.17) is 0 Å². The molecule has 2 bridgehead atoms. The number of hydrogen-bond acceptors (Lipinski definition) is 2. The Morgan fingerprint density at radius 3 is 2.86 bits per heavy atom. The van der Waals surface area contributed by atoms with E-state index in [-0.39, 0.29) is 17.4 Å². The molecule has 1 amide bonds. The van der Waals surface area contributed by atoms with Gasteiger partial charge in [0.25, 0.3) is 11.5 Å². The van der Waals surface area contributed by atoms with Gasteiger partial charge < -0.3 is 14.5 Å². The maximum absolute atomic E-state index is 13.4. The predicted molar refractivity (Wildman–Crippen MR) is 112 cm³/mol. The van der Waals surface area contributed by atoms with Gasteiger partial charge in [0.05, 0.1) is 0 Å². The Hall–Kier alpha value is -2.82. The highest BCUT2D eigenvalue weighted by molar-refractivity contribution is 5.99. The minimum Gasteiger partial charge on any atom is -0.358 e. The number of benzene rings is 1. The van der Waals surface area contributed by atoms with Crippen molar-refractivity contribution in [3.05, 3.63) is 69.3 Å². The van der Waals surface area contributed by atoms with Crippen LogP contribution in [0, 0.1) is 5.92 Å². The van der Waals surface area contributed by atoms with Gasteiger partial charge in [-0.25, -0.2) is 0 Å².